The number of rotatable bonds is 14. The molecule has 0 radical (unpaired) electrons. The van der Waals surface area contributed by atoms with E-state index < -0.39 is 11.9 Å². The summed E-state index contributed by atoms with van der Waals surface area (Å²) in [6.45, 7) is 11.5. The van der Waals surface area contributed by atoms with Gasteiger partial charge in [0.05, 0.1) is 68.3 Å². The number of methoxy groups -OCH3 is 2. The first-order chi connectivity index (χ1) is 44.7. The molecule has 2 fully saturated rings. The number of carboxylic acids is 1. The van der Waals surface area contributed by atoms with Gasteiger partial charge in [-0.3, -0.25) is 25.5 Å². The van der Waals surface area contributed by atoms with Gasteiger partial charge in [0.2, 0.25) is 0 Å². The topological polar surface area (TPSA) is 372 Å². The van der Waals surface area contributed by atoms with Crippen molar-refractivity contribution in [1.82, 2.24) is 49.9 Å². The summed E-state index contributed by atoms with van der Waals surface area (Å²) >= 11 is 0. The number of hydrogen-bond acceptors (Lipinski definition) is 20. The third kappa shape index (κ3) is 30.0. The van der Waals surface area contributed by atoms with E-state index in [0.29, 0.717) is 64.7 Å². The normalized spacial score (nSPS) is 11.3. The molecule has 2 aliphatic rings. The number of aliphatic hydroxyl groups excluding tert-OH is 1. The van der Waals surface area contributed by atoms with E-state index in [9.17, 15) is 24.0 Å². The first kappa shape index (κ1) is 81.0. The van der Waals surface area contributed by atoms with Crippen molar-refractivity contribution in [2.24, 2.45) is 5.73 Å². The molecule has 25 heteroatoms. The molecule has 0 unspecified atom stereocenters. The first-order valence-corrected chi connectivity index (χ1v) is 29.1. The van der Waals surface area contributed by atoms with Gasteiger partial charge in [-0.2, -0.15) is 17.3 Å². The molecule has 4 aromatic carbocycles. The number of H-pyrrole nitrogens is 1. The van der Waals surface area contributed by atoms with Crippen LogP contribution in [-0.4, -0.2) is 113 Å². The Morgan fingerprint density at radius 1 is 0.642 bits per heavy atom. The molecule has 2 aliphatic carbocycles. The van der Waals surface area contributed by atoms with Crippen molar-refractivity contribution in [2.45, 2.75) is 99.6 Å². The van der Waals surface area contributed by atoms with Gasteiger partial charge in [0, 0.05) is 89.4 Å². The zero-order valence-corrected chi connectivity index (χ0v) is 56.4. The molecule has 5 heterocycles. The molecule has 11 rings (SSSR count). The molecule has 494 valence electrons. The van der Waals surface area contributed by atoms with Crippen LogP contribution in [-0.2, 0) is 37.0 Å². The fourth-order valence-corrected chi connectivity index (χ4v) is 7.64. The minimum absolute atomic E-state index is 0. The summed E-state index contributed by atoms with van der Waals surface area (Å²) in [5.41, 5.74) is 17.0. The van der Waals surface area contributed by atoms with Crippen molar-refractivity contribution in [3.8, 4) is 34.2 Å². The van der Waals surface area contributed by atoms with Gasteiger partial charge in [0.1, 0.15) is 6.29 Å². The maximum Gasteiger partial charge on any atom is 1.00 e. The third-order valence-corrected chi connectivity index (χ3v) is 12.6. The van der Waals surface area contributed by atoms with Gasteiger partial charge in [-0.1, -0.05) is 62.0 Å². The minimum atomic E-state index is -1.08. The molecule has 0 saturated heterocycles. The standard InChI is InChI=1S/C19H18N4O.C13H12N2O2.C12H12N2O.C9H10N2O2.C7H8N2O.C6H10O2.C2H4O2.CH3O.CH4.Na/c1-13-10-20-19(21-11-13)16-4-2-3-14(9-16)12-23-18(24)8-7-17(22-23)15-5-6-15;1-9-7-14-12(15-8-9)10-4-3-5-11(6-10)13(16)17-2;1-9-6-13-12(14-7-9)11-4-2-3-10(5-11)8-15;1-13-9(12)7-4-2-3-6(5-7)8(10)11;10-7-4-3-6(8-9-7)5-1-2-5;1-3-8-5-6(2)4-7;1-2(3)4;1-2;;/h2-4,7-11,15H,5-6,12H2,1H3;3-8H,1-2H3;2-7,15H,8H2,1H3;2-5H,1H3,(H3,10,11);3-5H,1-2H2,(H,9,10);4-5H,3H2,1-2H3;1H3,(H,3,4);1H3;1H4;/q;;;;;;;-1;;+1/b;;;;;6-5+;;;;. The Labute approximate surface area is 574 Å². The number of hydrogen-bond donors (Lipinski definition) is 4. The molecule has 6 N–H and O–H groups in total. The Kier molecular flexibility index (Phi) is 37.2. The van der Waals surface area contributed by atoms with E-state index in [1.54, 1.807) is 103 Å². The number of carboxylic acid groups (broad SMARTS) is 1. The summed E-state index contributed by atoms with van der Waals surface area (Å²) in [5, 5.41) is 42.4. The summed E-state index contributed by atoms with van der Waals surface area (Å²) in [6.07, 6.45) is 17.7. The number of benzene rings is 4. The molecular formula is C70H81N12NaO12. The Morgan fingerprint density at radius 3 is 1.47 bits per heavy atom. The summed E-state index contributed by atoms with van der Waals surface area (Å²) < 4.78 is 15.5. The smallest absolute Gasteiger partial charge is 0.857 e. The number of aliphatic carboxylic acids is 1. The average molecular weight is 1310 g/mol. The Hall–Kier alpha value is -10.1. The number of amidine groups is 1. The van der Waals surface area contributed by atoms with E-state index in [1.807, 2.05) is 88.4 Å². The Balaban J connectivity index is 0.000000391. The van der Waals surface area contributed by atoms with Gasteiger partial charge >= 0.3 is 41.5 Å². The number of nitrogens with zero attached hydrogens (tertiary/aromatic N) is 9. The van der Waals surface area contributed by atoms with E-state index in [4.69, 9.17) is 36.0 Å². The van der Waals surface area contributed by atoms with E-state index >= 15 is 0 Å². The zero-order chi connectivity index (χ0) is 68.2. The predicted molar refractivity (Wildman–Crippen MR) is 353 cm³/mol. The van der Waals surface area contributed by atoms with Crippen molar-refractivity contribution < 1.29 is 83.7 Å². The Bertz CT molecular complexity index is 3970. The van der Waals surface area contributed by atoms with Crippen molar-refractivity contribution in [1.29, 1.82) is 0 Å². The van der Waals surface area contributed by atoms with Crippen molar-refractivity contribution >= 4 is 30.0 Å². The molecule has 9 aromatic rings. The number of aliphatic hydroxyl groups is 1. The number of carbonyl (C=O) groups excluding carboxylic acids is 4. The largest absolute Gasteiger partial charge is 1.00 e. The number of aryl methyl sites for hydroxylation is 3. The number of carbonyl (C=O) groups is 4. The van der Waals surface area contributed by atoms with Crippen LogP contribution in [0.2, 0.25) is 0 Å². The van der Waals surface area contributed by atoms with Crippen LogP contribution in [0.25, 0.3) is 34.2 Å². The number of nitrogens with two attached hydrogens (primary N) is 2. The van der Waals surface area contributed by atoms with Crippen LogP contribution in [0.5, 0.6) is 0 Å². The van der Waals surface area contributed by atoms with Gasteiger partial charge in [0.25, 0.3) is 17.0 Å². The van der Waals surface area contributed by atoms with Gasteiger partial charge in [-0.25, -0.2) is 49.3 Å². The van der Waals surface area contributed by atoms with Crippen LogP contribution >= 0.6 is 0 Å². The second kappa shape index (κ2) is 43.7. The number of aromatic amines is 1. The maximum absolute atomic E-state index is 12.1. The SMILES string of the molecule is C.CC(=O)[O-].CCO/C=C(\C)C=O.COC(=O)c1cccc(-c2ncc(C)cn2)c1.COC(=O)c1cccc(C(N)=[NH2+])c1.C[O-].Cc1cnc(-c2cccc(CO)c2)nc1.Cc1cnc(-c2cccc(Cn3nc(C4CC4)ccc3=O)c2)nc1.O=c1ccc(C2CC2)n[nH]1.[Na+]. The molecule has 0 atom stereocenters. The van der Waals surface area contributed by atoms with Crippen LogP contribution in [0.4, 0.5) is 0 Å². The molecule has 2 saturated carbocycles. The number of esters is 2. The fourth-order valence-electron chi connectivity index (χ4n) is 7.64. The minimum Gasteiger partial charge on any atom is -0.857 e. The number of allylic oxidation sites excluding steroid dienone is 1. The van der Waals surface area contributed by atoms with E-state index in [0.717, 1.165) is 76.2 Å². The van der Waals surface area contributed by atoms with Crippen LogP contribution in [0.3, 0.4) is 0 Å². The van der Waals surface area contributed by atoms with Gasteiger partial charge < -0.3 is 34.3 Å². The number of nitrogens with one attached hydrogen (secondary N) is 1. The van der Waals surface area contributed by atoms with E-state index in [1.165, 1.54) is 52.2 Å². The molecule has 0 aliphatic heterocycles. The van der Waals surface area contributed by atoms with Gasteiger partial charge in [-0.15, -0.1) is 0 Å². The molecule has 95 heavy (non-hydrogen) atoms. The number of ether oxygens (including phenoxy) is 3. The van der Waals surface area contributed by atoms with Gasteiger partial charge in [0.15, 0.2) is 17.5 Å². The fraction of sp³-hybridized carbons (Fsp3) is 0.271. The molecule has 24 nitrogen and oxygen atoms in total. The van der Waals surface area contributed by atoms with Crippen LogP contribution in [0.1, 0.15) is 131 Å². The summed E-state index contributed by atoms with van der Waals surface area (Å²) in [6, 6.07) is 36.0. The first-order valence-electron chi connectivity index (χ1n) is 29.1. The average Bonchev–Trinajstić information content (AvgIpc) is 1.84. The second-order valence-electron chi connectivity index (χ2n) is 20.5. The number of aromatic nitrogens is 10. The zero-order valence-electron chi connectivity index (χ0n) is 54.4. The molecule has 0 spiro atoms. The van der Waals surface area contributed by atoms with Gasteiger partial charge in [-0.05, 0) is 150 Å². The number of aldehydes is 1. The summed E-state index contributed by atoms with van der Waals surface area (Å²) in [7, 11) is 3.43. The third-order valence-electron chi connectivity index (χ3n) is 12.6. The van der Waals surface area contributed by atoms with Crippen molar-refractivity contribution in [2.75, 3.05) is 27.9 Å². The quantitative estimate of drug-likeness (QED) is 0.0231. The van der Waals surface area contributed by atoms with Crippen LogP contribution in [0.15, 0.2) is 180 Å². The molecular weight excluding hydrogens is 1220 g/mol. The van der Waals surface area contributed by atoms with Crippen LogP contribution < -0.4 is 62.0 Å². The second-order valence-corrected chi connectivity index (χ2v) is 20.5. The maximum atomic E-state index is 12.1. The van der Waals surface area contributed by atoms with E-state index in [2.05, 4.69) is 54.7 Å². The summed E-state index contributed by atoms with van der Waals surface area (Å²) in [4.78, 5) is 89.5. The van der Waals surface area contributed by atoms with E-state index in [-0.39, 0.29) is 66.5 Å². The molecule has 0 amide bonds. The monoisotopic (exact) mass is 1300 g/mol. The summed E-state index contributed by atoms with van der Waals surface area (Å²) in [5.74, 6) is 1.47. The molecule has 0 bridgehead atoms. The molecule has 5 aromatic heterocycles. The predicted octanol–water partition coefficient (Wildman–Crippen LogP) is 3.20. The van der Waals surface area contributed by atoms with Crippen LogP contribution in [0, 0.1) is 20.8 Å². The van der Waals surface area contributed by atoms with Crippen molar-refractivity contribution in [3.63, 3.8) is 0 Å². The Morgan fingerprint density at radius 2 is 1.05 bits per heavy atom. The van der Waals surface area contributed by atoms with Crippen molar-refractivity contribution in [3.05, 3.63) is 247 Å².